The smallest absolute Gasteiger partial charge is 0.337 e. The predicted molar refractivity (Wildman–Crippen MR) is 75.0 cm³/mol. The minimum Gasteiger partial charge on any atom is -0.478 e. The van der Waals surface area contributed by atoms with Crippen LogP contribution in [-0.4, -0.2) is 26.0 Å². The number of sulfonamides is 1. The molecule has 1 aliphatic rings. The Labute approximate surface area is 118 Å². The van der Waals surface area contributed by atoms with E-state index < -0.39 is 16.0 Å². The molecule has 0 radical (unpaired) electrons. The molecule has 2 rings (SSSR count). The van der Waals surface area contributed by atoms with E-state index in [1.807, 2.05) is 0 Å². The second-order valence-electron chi connectivity index (χ2n) is 5.04. The largest absolute Gasteiger partial charge is 0.478 e. The Kier molecular flexibility index (Phi) is 4.29. The molecule has 0 aliphatic heterocycles. The summed E-state index contributed by atoms with van der Waals surface area (Å²) in [7, 11) is -3.82. The first kappa shape index (κ1) is 14.8. The molecular formula is C13H18N2O4S. The van der Waals surface area contributed by atoms with Crippen molar-refractivity contribution in [2.75, 3.05) is 12.3 Å². The first-order valence-electron chi connectivity index (χ1n) is 6.52. The fourth-order valence-electron chi connectivity index (χ4n) is 2.03. The number of nitrogens with two attached hydrogens (primary N) is 1. The Morgan fingerprint density at radius 3 is 2.70 bits per heavy atom. The van der Waals surface area contributed by atoms with Gasteiger partial charge < -0.3 is 10.8 Å². The van der Waals surface area contributed by atoms with Gasteiger partial charge in [0.1, 0.15) is 0 Å². The average molecular weight is 298 g/mol. The number of aromatic carboxylic acids is 1. The van der Waals surface area contributed by atoms with Crippen molar-refractivity contribution in [3.63, 3.8) is 0 Å². The van der Waals surface area contributed by atoms with Crippen molar-refractivity contribution in [3.05, 3.63) is 23.8 Å². The maximum absolute atomic E-state index is 12.1. The molecule has 0 atom stereocenters. The van der Waals surface area contributed by atoms with Crippen LogP contribution in [0.1, 0.15) is 36.0 Å². The van der Waals surface area contributed by atoms with Gasteiger partial charge in [-0.25, -0.2) is 17.9 Å². The third-order valence-corrected chi connectivity index (χ3v) is 4.82. The summed E-state index contributed by atoms with van der Waals surface area (Å²) in [4.78, 5) is 10.9. The number of nitrogens with one attached hydrogen (secondary N) is 1. The SMILES string of the molecule is Nc1ccc(S(=O)(=O)NCCCC2CC2)c(C(=O)O)c1. The van der Waals surface area contributed by atoms with Crippen LogP contribution in [0, 0.1) is 5.92 Å². The molecule has 0 amide bonds. The zero-order chi connectivity index (χ0) is 14.8. The molecule has 7 heteroatoms. The minimum absolute atomic E-state index is 0.218. The van der Waals surface area contributed by atoms with E-state index in [0.717, 1.165) is 24.8 Å². The molecule has 1 aromatic carbocycles. The van der Waals surface area contributed by atoms with Gasteiger partial charge in [0, 0.05) is 12.2 Å². The third kappa shape index (κ3) is 3.71. The minimum atomic E-state index is -3.82. The molecule has 0 saturated heterocycles. The summed E-state index contributed by atoms with van der Waals surface area (Å²) in [5.41, 5.74) is 5.40. The summed E-state index contributed by atoms with van der Waals surface area (Å²) in [6.07, 6.45) is 4.24. The fraction of sp³-hybridized carbons (Fsp3) is 0.462. The molecule has 1 aliphatic carbocycles. The van der Waals surface area contributed by atoms with Crippen LogP contribution in [0.5, 0.6) is 0 Å². The summed E-state index contributed by atoms with van der Waals surface area (Å²) in [6.45, 7) is 0.322. The molecule has 110 valence electrons. The van der Waals surface area contributed by atoms with E-state index in [-0.39, 0.29) is 16.1 Å². The summed E-state index contributed by atoms with van der Waals surface area (Å²) in [6, 6.07) is 3.76. The maximum Gasteiger partial charge on any atom is 0.337 e. The zero-order valence-corrected chi connectivity index (χ0v) is 11.8. The van der Waals surface area contributed by atoms with E-state index in [9.17, 15) is 13.2 Å². The first-order valence-corrected chi connectivity index (χ1v) is 8.01. The maximum atomic E-state index is 12.1. The average Bonchev–Trinajstić information content (AvgIpc) is 3.18. The molecule has 0 unspecified atom stereocenters. The highest BCUT2D eigenvalue weighted by Crippen LogP contribution is 2.33. The normalized spacial score (nSPS) is 15.2. The van der Waals surface area contributed by atoms with Gasteiger partial charge in [-0.3, -0.25) is 0 Å². The van der Waals surface area contributed by atoms with Crippen LogP contribution in [-0.2, 0) is 10.0 Å². The summed E-state index contributed by atoms with van der Waals surface area (Å²) < 4.78 is 26.7. The highest BCUT2D eigenvalue weighted by atomic mass is 32.2. The molecule has 0 aromatic heterocycles. The molecule has 4 N–H and O–H groups in total. The van der Waals surface area contributed by atoms with E-state index in [1.54, 1.807) is 0 Å². The number of rotatable bonds is 7. The third-order valence-electron chi connectivity index (χ3n) is 3.30. The second kappa shape index (κ2) is 5.80. The van der Waals surface area contributed by atoms with Crippen molar-refractivity contribution in [1.29, 1.82) is 0 Å². The Hall–Kier alpha value is -1.60. The van der Waals surface area contributed by atoms with Crippen molar-refractivity contribution in [2.24, 2.45) is 5.92 Å². The van der Waals surface area contributed by atoms with E-state index in [4.69, 9.17) is 10.8 Å². The van der Waals surface area contributed by atoms with Gasteiger partial charge in [0.05, 0.1) is 10.5 Å². The number of hydrogen-bond donors (Lipinski definition) is 3. The van der Waals surface area contributed by atoms with Crippen LogP contribution in [0.2, 0.25) is 0 Å². The molecule has 1 fully saturated rings. The lowest BCUT2D eigenvalue weighted by Gasteiger charge is -2.10. The fourth-order valence-corrected chi connectivity index (χ4v) is 3.28. The number of anilines is 1. The predicted octanol–water partition coefficient (Wildman–Crippen LogP) is 1.44. The number of benzene rings is 1. The quantitative estimate of drug-likeness (QED) is 0.521. The van der Waals surface area contributed by atoms with Gasteiger partial charge in [-0.1, -0.05) is 12.8 Å². The summed E-state index contributed by atoms with van der Waals surface area (Å²) in [5.74, 6) is -0.568. The van der Waals surface area contributed by atoms with Gasteiger partial charge in [0.15, 0.2) is 0 Å². The Morgan fingerprint density at radius 1 is 1.40 bits per heavy atom. The highest BCUT2D eigenvalue weighted by Gasteiger charge is 2.23. The monoisotopic (exact) mass is 298 g/mol. The number of nitrogen functional groups attached to an aromatic ring is 1. The number of carbonyl (C=O) groups is 1. The van der Waals surface area contributed by atoms with Crippen molar-refractivity contribution in [2.45, 2.75) is 30.6 Å². The lowest BCUT2D eigenvalue weighted by atomic mass is 10.2. The van der Waals surface area contributed by atoms with Gasteiger partial charge in [-0.2, -0.15) is 0 Å². The lowest BCUT2D eigenvalue weighted by molar-refractivity contribution is 0.0692. The van der Waals surface area contributed by atoms with E-state index in [1.165, 1.54) is 25.0 Å². The molecule has 20 heavy (non-hydrogen) atoms. The first-order chi connectivity index (χ1) is 9.40. The van der Waals surface area contributed by atoms with Crippen molar-refractivity contribution < 1.29 is 18.3 Å². The second-order valence-corrected chi connectivity index (χ2v) is 6.78. The van der Waals surface area contributed by atoms with Crippen LogP contribution in [0.15, 0.2) is 23.1 Å². The Bertz CT molecular complexity index is 609. The Morgan fingerprint density at radius 2 is 2.10 bits per heavy atom. The Balaban J connectivity index is 2.09. The van der Waals surface area contributed by atoms with E-state index in [0.29, 0.717) is 6.54 Å². The standard InChI is InChI=1S/C13H18N2O4S/c14-10-5-6-12(11(8-10)13(16)17)20(18,19)15-7-1-2-9-3-4-9/h5-6,8-9,15H,1-4,7,14H2,(H,16,17). The van der Waals surface area contributed by atoms with Crippen molar-refractivity contribution in [3.8, 4) is 0 Å². The topological polar surface area (TPSA) is 109 Å². The summed E-state index contributed by atoms with van der Waals surface area (Å²) in [5, 5.41) is 9.06. The molecule has 0 spiro atoms. The van der Waals surface area contributed by atoms with Crippen molar-refractivity contribution >= 4 is 21.7 Å². The number of carboxylic acids is 1. The highest BCUT2D eigenvalue weighted by molar-refractivity contribution is 7.89. The molecular weight excluding hydrogens is 280 g/mol. The van der Waals surface area contributed by atoms with Crippen LogP contribution in [0.25, 0.3) is 0 Å². The molecule has 1 aromatic rings. The van der Waals surface area contributed by atoms with Gasteiger partial charge in [-0.05, 0) is 37.0 Å². The number of carboxylic acid groups (broad SMARTS) is 1. The van der Waals surface area contributed by atoms with Crippen LogP contribution >= 0.6 is 0 Å². The molecule has 0 heterocycles. The van der Waals surface area contributed by atoms with Crippen molar-refractivity contribution in [1.82, 2.24) is 4.72 Å². The molecule has 6 nitrogen and oxygen atoms in total. The van der Waals surface area contributed by atoms with Crippen LogP contribution in [0.3, 0.4) is 0 Å². The van der Waals surface area contributed by atoms with Gasteiger partial charge in [-0.15, -0.1) is 0 Å². The number of hydrogen-bond acceptors (Lipinski definition) is 4. The van der Waals surface area contributed by atoms with Crippen LogP contribution < -0.4 is 10.5 Å². The van der Waals surface area contributed by atoms with E-state index >= 15 is 0 Å². The van der Waals surface area contributed by atoms with Gasteiger partial charge in [0.2, 0.25) is 10.0 Å². The van der Waals surface area contributed by atoms with Gasteiger partial charge >= 0.3 is 5.97 Å². The molecule has 0 bridgehead atoms. The van der Waals surface area contributed by atoms with Crippen LogP contribution in [0.4, 0.5) is 5.69 Å². The zero-order valence-electron chi connectivity index (χ0n) is 11.0. The van der Waals surface area contributed by atoms with E-state index in [2.05, 4.69) is 4.72 Å². The molecule has 1 saturated carbocycles. The van der Waals surface area contributed by atoms with Gasteiger partial charge in [0.25, 0.3) is 0 Å². The summed E-state index contributed by atoms with van der Waals surface area (Å²) >= 11 is 0. The lowest BCUT2D eigenvalue weighted by Crippen LogP contribution is -2.26.